The van der Waals surface area contributed by atoms with Gasteiger partial charge in [0.25, 0.3) is 10.2 Å². The molecule has 0 aliphatic heterocycles. The van der Waals surface area contributed by atoms with Crippen LogP contribution in [0.4, 0.5) is 0 Å². The van der Waals surface area contributed by atoms with Gasteiger partial charge in [0.2, 0.25) is 0 Å². The molecular weight excluding hydrogens is 262 g/mol. The molecule has 0 amide bonds. The molecule has 0 aliphatic carbocycles. The Labute approximate surface area is 119 Å². The van der Waals surface area contributed by atoms with Crippen LogP contribution < -0.4 is 10.0 Å². The first-order valence-electron chi connectivity index (χ1n) is 6.99. The lowest BCUT2D eigenvalue weighted by Gasteiger charge is -2.21. The fourth-order valence-corrected chi connectivity index (χ4v) is 2.43. The van der Waals surface area contributed by atoms with Gasteiger partial charge in [0.05, 0.1) is 0 Å². The predicted octanol–water partition coefficient (Wildman–Crippen LogP) is 1.58. The normalized spacial score (nSPS) is 13.5. The zero-order valence-electron chi connectivity index (χ0n) is 13.3. The molecule has 116 valence electrons. The third-order valence-electron chi connectivity index (χ3n) is 2.77. The average molecular weight is 293 g/mol. The number of nitrogens with zero attached hydrogens (tertiary/aromatic N) is 1. The Balaban J connectivity index is 3.97. The van der Waals surface area contributed by atoms with Crippen molar-refractivity contribution in [2.24, 2.45) is 5.41 Å². The Bertz CT molecular complexity index is 334. The molecule has 5 nitrogen and oxygen atoms in total. The fraction of sp³-hybridized carbons (Fsp3) is 1.00. The van der Waals surface area contributed by atoms with Crippen molar-refractivity contribution in [2.75, 3.05) is 26.7 Å². The summed E-state index contributed by atoms with van der Waals surface area (Å²) >= 11 is 0. The van der Waals surface area contributed by atoms with Gasteiger partial charge in [0.1, 0.15) is 0 Å². The number of nitrogens with one attached hydrogen (secondary N) is 2. The molecule has 0 spiro atoms. The van der Waals surface area contributed by atoms with Gasteiger partial charge in [0.15, 0.2) is 0 Å². The Morgan fingerprint density at radius 1 is 1.16 bits per heavy atom. The molecule has 0 aromatic carbocycles. The fourth-order valence-electron chi connectivity index (χ4n) is 1.48. The molecule has 0 saturated heterocycles. The number of rotatable bonds is 9. The van der Waals surface area contributed by atoms with Gasteiger partial charge >= 0.3 is 0 Å². The SMILES string of the molecule is CC(C)NCCCN(C)S(=O)(=O)NCCC(C)(C)C. The molecule has 0 aliphatic rings. The number of hydrogen-bond acceptors (Lipinski definition) is 3. The van der Waals surface area contributed by atoms with Crippen LogP contribution in [0.5, 0.6) is 0 Å². The zero-order valence-corrected chi connectivity index (χ0v) is 14.1. The van der Waals surface area contributed by atoms with Crippen LogP contribution in [0, 0.1) is 5.41 Å². The third-order valence-corrected chi connectivity index (χ3v) is 4.34. The largest absolute Gasteiger partial charge is 0.314 e. The minimum atomic E-state index is -3.33. The second-order valence-electron chi connectivity index (χ2n) is 6.49. The molecule has 0 saturated carbocycles. The summed E-state index contributed by atoms with van der Waals surface area (Å²) in [6.45, 7) is 12.3. The maximum Gasteiger partial charge on any atom is 0.279 e. The highest BCUT2D eigenvalue weighted by Crippen LogP contribution is 2.17. The first-order valence-corrected chi connectivity index (χ1v) is 8.43. The third kappa shape index (κ3) is 10.3. The van der Waals surface area contributed by atoms with E-state index < -0.39 is 10.2 Å². The molecule has 0 fully saturated rings. The maximum absolute atomic E-state index is 11.9. The summed E-state index contributed by atoms with van der Waals surface area (Å²) in [5, 5.41) is 3.27. The van der Waals surface area contributed by atoms with Crippen LogP contribution in [-0.4, -0.2) is 45.4 Å². The predicted molar refractivity (Wildman–Crippen MR) is 81.4 cm³/mol. The molecule has 0 aromatic heterocycles. The topological polar surface area (TPSA) is 61.4 Å². The number of hydrogen-bond donors (Lipinski definition) is 2. The van der Waals surface area contributed by atoms with Crippen molar-refractivity contribution >= 4 is 10.2 Å². The van der Waals surface area contributed by atoms with E-state index in [1.165, 1.54) is 4.31 Å². The molecular formula is C13H31N3O2S. The molecule has 19 heavy (non-hydrogen) atoms. The van der Waals surface area contributed by atoms with Crippen LogP contribution in [0.2, 0.25) is 0 Å². The van der Waals surface area contributed by atoms with Gasteiger partial charge in [-0.3, -0.25) is 0 Å². The lowest BCUT2D eigenvalue weighted by molar-refractivity contribution is 0.373. The molecule has 2 N–H and O–H groups in total. The second kappa shape index (κ2) is 8.19. The van der Waals surface area contributed by atoms with Gasteiger partial charge in [-0.1, -0.05) is 34.6 Å². The van der Waals surface area contributed by atoms with Crippen molar-refractivity contribution in [1.29, 1.82) is 0 Å². The molecule has 0 atom stereocenters. The smallest absolute Gasteiger partial charge is 0.279 e. The highest BCUT2D eigenvalue weighted by atomic mass is 32.2. The van der Waals surface area contributed by atoms with Crippen LogP contribution in [0.3, 0.4) is 0 Å². The average Bonchev–Trinajstić information content (AvgIpc) is 2.21. The van der Waals surface area contributed by atoms with E-state index in [0.717, 1.165) is 19.4 Å². The summed E-state index contributed by atoms with van der Waals surface area (Å²) in [5.41, 5.74) is 0.141. The van der Waals surface area contributed by atoms with E-state index in [1.54, 1.807) is 7.05 Å². The van der Waals surface area contributed by atoms with Gasteiger partial charge in [-0.05, 0) is 24.8 Å². The van der Waals surface area contributed by atoms with Crippen molar-refractivity contribution in [1.82, 2.24) is 14.3 Å². The molecule has 0 bridgehead atoms. The van der Waals surface area contributed by atoms with Gasteiger partial charge in [-0.2, -0.15) is 12.7 Å². The van der Waals surface area contributed by atoms with E-state index >= 15 is 0 Å². The molecule has 6 heteroatoms. The van der Waals surface area contributed by atoms with E-state index in [9.17, 15) is 8.42 Å². The summed E-state index contributed by atoms with van der Waals surface area (Å²) in [6.07, 6.45) is 1.64. The van der Waals surface area contributed by atoms with Crippen LogP contribution in [0.25, 0.3) is 0 Å². The Morgan fingerprint density at radius 2 is 1.74 bits per heavy atom. The summed E-state index contributed by atoms with van der Waals surface area (Å²) in [5.74, 6) is 0. The van der Waals surface area contributed by atoms with E-state index in [-0.39, 0.29) is 5.41 Å². The summed E-state index contributed by atoms with van der Waals surface area (Å²) in [6, 6.07) is 0.437. The van der Waals surface area contributed by atoms with E-state index in [0.29, 0.717) is 19.1 Å². The van der Waals surface area contributed by atoms with Crippen molar-refractivity contribution < 1.29 is 8.42 Å². The Hall–Kier alpha value is -0.170. The molecule has 0 radical (unpaired) electrons. The van der Waals surface area contributed by atoms with Crippen molar-refractivity contribution in [3.63, 3.8) is 0 Å². The van der Waals surface area contributed by atoms with Gasteiger partial charge in [-0.25, -0.2) is 4.72 Å². The minimum absolute atomic E-state index is 0.141. The van der Waals surface area contributed by atoms with E-state index in [1.807, 2.05) is 0 Å². The van der Waals surface area contributed by atoms with Gasteiger partial charge in [0, 0.05) is 26.2 Å². The van der Waals surface area contributed by atoms with E-state index in [4.69, 9.17) is 0 Å². The Morgan fingerprint density at radius 3 is 2.21 bits per heavy atom. The van der Waals surface area contributed by atoms with Crippen molar-refractivity contribution in [3.8, 4) is 0 Å². The summed E-state index contributed by atoms with van der Waals surface area (Å²) < 4.78 is 27.9. The van der Waals surface area contributed by atoms with Gasteiger partial charge in [-0.15, -0.1) is 0 Å². The second-order valence-corrected chi connectivity index (χ2v) is 8.36. The van der Waals surface area contributed by atoms with Crippen molar-refractivity contribution in [2.45, 2.75) is 53.5 Å². The standard InChI is InChI=1S/C13H31N3O2S/c1-12(2)14-9-7-11-16(6)19(17,18)15-10-8-13(3,4)5/h12,14-15H,7-11H2,1-6H3. The van der Waals surface area contributed by atoms with Crippen LogP contribution in [0.15, 0.2) is 0 Å². The van der Waals surface area contributed by atoms with Gasteiger partial charge < -0.3 is 5.32 Å². The maximum atomic E-state index is 11.9. The molecule has 0 heterocycles. The zero-order chi connectivity index (χ0) is 15.1. The molecule has 0 unspecified atom stereocenters. The lowest BCUT2D eigenvalue weighted by atomic mass is 9.93. The quantitative estimate of drug-likeness (QED) is 0.635. The lowest BCUT2D eigenvalue weighted by Crippen LogP contribution is -2.40. The first-order chi connectivity index (χ1) is 8.54. The van der Waals surface area contributed by atoms with Crippen LogP contribution in [0.1, 0.15) is 47.5 Å². The highest BCUT2D eigenvalue weighted by molar-refractivity contribution is 7.87. The van der Waals surface area contributed by atoms with Crippen LogP contribution in [-0.2, 0) is 10.2 Å². The Kier molecular flexibility index (Phi) is 8.12. The first kappa shape index (κ1) is 18.8. The van der Waals surface area contributed by atoms with Crippen molar-refractivity contribution in [3.05, 3.63) is 0 Å². The van der Waals surface area contributed by atoms with Crippen LogP contribution >= 0.6 is 0 Å². The summed E-state index contributed by atoms with van der Waals surface area (Å²) in [4.78, 5) is 0. The molecule has 0 rings (SSSR count). The minimum Gasteiger partial charge on any atom is -0.314 e. The summed E-state index contributed by atoms with van der Waals surface area (Å²) in [7, 11) is -1.71. The molecule has 0 aromatic rings. The van der Waals surface area contributed by atoms with E-state index in [2.05, 4.69) is 44.7 Å². The monoisotopic (exact) mass is 293 g/mol. The highest BCUT2D eigenvalue weighted by Gasteiger charge is 2.18.